The van der Waals surface area contributed by atoms with Crippen molar-refractivity contribution in [3.63, 3.8) is 0 Å². The maximum absolute atomic E-state index is 5.92. The van der Waals surface area contributed by atoms with Crippen LogP contribution < -0.4 is 15.0 Å². The minimum Gasteiger partial charge on any atom is -0.495 e. The Morgan fingerprint density at radius 1 is 1.08 bits per heavy atom. The Morgan fingerprint density at radius 2 is 1.86 bits per heavy atom. The summed E-state index contributed by atoms with van der Waals surface area (Å²) in [4.78, 5) is 9.40. The fourth-order valence-corrected chi connectivity index (χ4v) is 5.85. The summed E-state index contributed by atoms with van der Waals surface area (Å²) >= 11 is 5.92. The highest BCUT2D eigenvalue weighted by Gasteiger charge is 2.43. The number of nitrogens with zero attached hydrogens (tertiary/aromatic N) is 4. The molecule has 5 rings (SSSR count). The van der Waals surface area contributed by atoms with Crippen molar-refractivity contribution in [2.45, 2.75) is 38.9 Å². The first-order valence-electron chi connectivity index (χ1n) is 12.7. The third-order valence-corrected chi connectivity index (χ3v) is 7.65. The number of ether oxygens (including phenoxy) is 2. The van der Waals surface area contributed by atoms with Crippen LogP contribution in [0, 0.1) is 13.8 Å². The van der Waals surface area contributed by atoms with E-state index >= 15 is 0 Å². The first-order valence-corrected chi connectivity index (χ1v) is 13.1. The smallest absolute Gasteiger partial charge is 0.174 e. The van der Waals surface area contributed by atoms with Gasteiger partial charge in [0.15, 0.2) is 5.11 Å². The maximum Gasteiger partial charge on any atom is 0.174 e. The van der Waals surface area contributed by atoms with Crippen molar-refractivity contribution in [3.8, 4) is 5.75 Å². The third-order valence-electron chi connectivity index (χ3n) is 7.33. The van der Waals surface area contributed by atoms with Crippen LogP contribution in [-0.2, 0) is 11.3 Å². The number of morpholine rings is 1. The van der Waals surface area contributed by atoms with Gasteiger partial charge in [0.25, 0.3) is 0 Å². The summed E-state index contributed by atoms with van der Waals surface area (Å²) in [5.74, 6) is 0.799. The molecule has 7 nitrogen and oxygen atoms in total. The van der Waals surface area contributed by atoms with E-state index in [1.807, 2.05) is 36.5 Å². The second kappa shape index (κ2) is 11.0. The molecule has 0 saturated carbocycles. The SMILES string of the molecule is COc1ccccc1N1C(=S)N[C@@H](c2ccccn2)[C@H]1c1cc(C)n(CCCN2CCOCC2)c1C. The Kier molecular flexibility index (Phi) is 7.55. The van der Waals surface area contributed by atoms with Crippen LogP contribution in [0.25, 0.3) is 0 Å². The summed E-state index contributed by atoms with van der Waals surface area (Å²) in [5.41, 5.74) is 5.72. The van der Waals surface area contributed by atoms with Crippen molar-refractivity contribution in [3.05, 3.63) is 77.4 Å². The Hall–Kier alpha value is -2.94. The van der Waals surface area contributed by atoms with Crippen LogP contribution in [-0.4, -0.2) is 59.5 Å². The summed E-state index contributed by atoms with van der Waals surface area (Å²) in [6, 6.07) is 16.3. The zero-order chi connectivity index (χ0) is 25.1. The number of aromatic nitrogens is 2. The topological polar surface area (TPSA) is 54.8 Å². The molecule has 2 fully saturated rings. The van der Waals surface area contributed by atoms with E-state index in [1.165, 1.54) is 17.0 Å². The molecular weight excluding hydrogens is 470 g/mol. The van der Waals surface area contributed by atoms with Crippen LogP contribution in [0.3, 0.4) is 0 Å². The first-order chi connectivity index (χ1) is 17.6. The van der Waals surface area contributed by atoms with Gasteiger partial charge in [0.2, 0.25) is 0 Å². The molecule has 2 aromatic heterocycles. The molecule has 190 valence electrons. The molecule has 2 aliphatic rings. The molecule has 2 aliphatic heterocycles. The molecule has 3 aromatic rings. The minimum atomic E-state index is -0.0779. The molecule has 2 saturated heterocycles. The van der Waals surface area contributed by atoms with Crippen LogP contribution in [0.1, 0.15) is 41.1 Å². The molecule has 0 spiro atoms. The first kappa shape index (κ1) is 24.7. The lowest BCUT2D eigenvalue weighted by atomic mass is 9.96. The predicted molar refractivity (Wildman–Crippen MR) is 147 cm³/mol. The number of benzene rings is 1. The van der Waals surface area contributed by atoms with Gasteiger partial charge in [-0.3, -0.25) is 9.88 Å². The van der Waals surface area contributed by atoms with E-state index in [9.17, 15) is 0 Å². The summed E-state index contributed by atoms with van der Waals surface area (Å²) in [7, 11) is 1.71. The van der Waals surface area contributed by atoms with Crippen LogP contribution in [0.15, 0.2) is 54.7 Å². The van der Waals surface area contributed by atoms with Gasteiger partial charge in [0, 0.05) is 43.8 Å². The van der Waals surface area contributed by atoms with E-state index in [2.05, 4.69) is 51.7 Å². The number of para-hydroxylation sites is 2. The van der Waals surface area contributed by atoms with Crippen LogP contribution in [0.4, 0.5) is 5.69 Å². The van der Waals surface area contributed by atoms with Crippen molar-refractivity contribution in [1.82, 2.24) is 19.8 Å². The highest BCUT2D eigenvalue weighted by molar-refractivity contribution is 7.80. The van der Waals surface area contributed by atoms with Crippen molar-refractivity contribution in [2.24, 2.45) is 0 Å². The quantitative estimate of drug-likeness (QED) is 0.455. The van der Waals surface area contributed by atoms with Gasteiger partial charge >= 0.3 is 0 Å². The fourth-order valence-electron chi connectivity index (χ4n) is 5.51. The number of hydrogen-bond acceptors (Lipinski definition) is 5. The van der Waals surface area contributed by atoms with E-state index in [4.69, 9.17) is 26.7 Å². The highest BCUT2D eigenvalue weighted by Crippen LogP contribution is 2.45. The Labute approximate surface area is 219 Å². The average molecular weight is 506 g/mol. The van der Waals surface area contributed by atoms with Crippen molar-refractivity contribution >= 4 is 23.0 Å². The molecule has 1 N–H and O–H groups in total. The number of hydrogen-bond donors (Lipinski definition) is 1. The monoisotopic (exact) mass is 505 g/mol. The van der Waals surface area contributed by atoms with Gasteiger partial charge < -0.3 is 24.3 Å². The minimum absolute atomic E-state index is 0.0529. The molecule has 4 heterocycles. The highest BCUT2D eigenvalue weighted by atomic mass is 32.1. The maximum atomic E-state index is 5.92. The van der Waals surface area contributed by atoms with Crippen molar-refractivity contribution in [2.75, 3.05) is 44.9 Å². The van der Waals surface area contributed by atoms with Crippen LogP contribution in [0.5, 0.6) is 5.75 Å². The molecule has 8 heteroatoms. The summed E-state index contributed by atoms with van der Waals surface area (Å²) < 4.78 is 13.7. The number of pyridine rings is 1. The number of anilines is 1. The molecule has 0 bridgehead atoms. The third kappa shape index (κ3) is 4.85. The molecule has 0 aliphatic carbocycles. The van der Waals surface area contributed by atoms with E-state index in [1.54, 1.807) is 7.11 Å². The van der Waals surface area contributed by atoms with Gasteiger partial charge in [0.05, 0.1) is 43.8 Å². The normalized spacial score (nSPS) is 20.5. The zero-order valence-corrected chi connectivity index (χ0v) is 22.1. The van der Waals surface area contributed by atoms with Gasteiger partial charge in [-0.05, 0) is 68.4 Å². The lowest BCUT2D eigenvalue weighted by Gasteiger charge is -2.29. The number of nitrogens with one attached hydrogen (secondary N) is 1. The van der Waals surface area contributed by atoms with Crippen molar-refractivity contribution in [1.29, 1.82) is 0 Å². The number of aryl methyl sites for hydroxylation is 1. The fraction of sp³-hybridized carbons (Fsp3) is 0.429. The van der Waals surface area contributed by atoms with E-state index in [-0.39, 0.29) is 12.1 Å². The Morgan fingerprint density at radius 3 is 2.61 bits per heavy atom. The van der Waals surface area contributed by atoms with Gasteiger partial charge in [-0.25, -0.2) is 0 Å². The number of thiocarbonyl (C=S) groups is 1. The molecule has 1 aromatic carbocycles. The lowest BCUT2D eigenvalue weighted by Crippen LogP contribution is -2.37. The zero-order valence-electron chi connectivity index (χ0n) is 21.3. The van der Waals surface area contributed by atoms with E-state index in [0.29, 0.717) is 5.11 Å². The van der Waals surface area contributed by atoms with Gasteiger partial charge in [-0.15, -0.1) is 0 Å². The summed E-state index contributed by atoms with van der Waals surface area (Å²) in [6.45, 7) is 10.3. The van der Waals surface area contributed by atoms with Gasteiger partial charge in [-0.2, -0.15) is 0 Å². The largest absolute Gasteiger partial charge is 0.495 e. The average Bonchev–Trinajstić information content (AvgIpc) is 3.40. The molecule has 0 unspecified atom stereocenters. The van der Waals surface area contributed by atoms with Crippen LogP contribution >= 0.6 is 12.2 Å². The second-order valence-electron chi connectivity index (χ2n) is 9.45. The van der Waals surface area contributed by atoms with E-state index < -0.39 is 0 Å². The Bertz CT molecular complexity index is 1190. The second-order valence-corrected chi connectivity index (χ2v) is 9.84. The Balaban J connectivity index is 1.49. The van der Waals surface area contributed by atoms with Crippen molar-refractivity contribution < 1.29 is 9.47 Å². The number of methoxy groups -OCH3 is 1. The molecular formula is C28H35N5O2S. The van der Waals surface area contributed by atoms with Gasteiger partial charge in [0.1, 0.15) is 5.75 Å². The van der Waals surface area contributed by atoms with E-state index in [0.717, 1.165) is 62.9 Å². The molecule has 2 atom stereocenters. The molecule has 0 radical (unpaired) electrons. The molecule has 36 heavy (non-hydrogen) atoms. The lowest BCUT2D eigenvalue weighted by molar-refractivity contribution is 0.0369. The van der Waals surface area contributed by atoms with Gasteiger partial charge in [-0.1, -0.05) is 18.2 Å². The summed E-state index contributed by atoms with van der Waals surface area (Å²) in [5, 5.41) is 4.25. The molecule has 0 amide bonds. The predicted octanol–water partition coefficient (Wildman–Crippen LogP) is 4.41. The standard InChI is InChI=1S/C28H35N5O2S/c1-20-19-22(21(2)32(20)14-8-13-31-15-17-35-18-16-31)27-26(23-9-6-7-12-29-23)30-28(36)33(27)24-10-4-5-11-25(24)34-3/h4-7,9-12,19,26-27H,8,13-18H2,1-3H3,(H,30,36)/t26-,27+/m0/s1. The van der Waals surface area contributed by atoms with Crippen LogP contribution in [0.2, 0.25) is 0 Å². The summed E-state index contributed by atoms with van der Waals surface area (Å²) in [6.07, 6.45) is 2.95. The number of rotatable bonds is 8.